The number of methoxy groups -OCH3 is 1. The first-order valence-corrected chi connectivity index (χ1v) is 6.77. The Bertz CT molecular complexity index is 438. The van der Waals surface area contributed by atoms with E-state index in [4.69, 9.17) is 0 Å². The summed E-state index contributed by atoms with van der Waals surface area (Å²) in [7, 11) is 1.33. The van der Waals surface area contributed by atoms with Gasteiger partial charge in [-0.05, 0) is 37.4 Å². The Balaban J connectivity index is 2.02. The van der Waals surface area contributed by atoms with Crippen molar-refractivity contribution in [1.82, 2.24) is 5.32 Å². The number of rotatable bonds is 3. The molecule has 0 radical (unpaired) electrons. The number of hydrogen-bond donors (Lipinski definition) is 2. The number of hydrogen-bond acceptors (Lipinski definition) is 5. The van der Waals surface area contributed by atoms with E-state index in [2.05, 4.69) is 15.4 Å². The SMILES string of the molecule is COC(=O)c1ccsc1NC(=O)C1CCNCC1. The number of ether oxygens (including phenoxy) is 1. The molecule has 18 heavy (non-hydrogen) atoms. The third kappa shape index (κ3) is 2.88. The Morgan fingerprint density at radius 1 is 1.44 bits per heavy atom. The maximum Gasteiger partial charge on any atom is 0.340 e. The molecule has 2 heterocycles. The molecular weight excluding hydrogens is 252 g/mol. The Labute approximate surface area is 110 Å². The zero-order chi connectivity index (χ0) is 13.0. The summed E-state index contributed by atoms with van der Waals surface area (Å²) in [5.41, 5.74) is 0.421. The van der Waals surface area contributed by atoms with Gasteiger partial charge >= 0.3 is 5.97 Å². The van der Waals surface area contributed by atoms with Crippen LogP contribution in [0.1, 0.15) is 23.2 Å². The molecule has 0 bridgehead atoms. The molecular formula is C12H16N2O3S. The highest BCUT2D eigenvalue weighted by atomic mass is 32.1. The number of nitrogens with one attached hydrogen (secondary N) is 2. The van der Waals surface area contributed by atoms with Gasteiger partial charge < -0.3 is 15.4 Å². The largest absolute Gasteiger partial charge is 0.465 e. The van der Waals surface area contributed by atoms with Crippen LogP contribution in [0.5, 0.6) is 0 Å². The Kier molecular flexibility index (Phi) is 4.33. The molecule has 1 amide bonds. The highest BCUT2D eigenvalue weighted by Gasteiger charge is 2.23. The minimum Gasteiger partial charge on any atom is -0.465 e. The number of esters is 1. The molecule has 0 unspecified atom stereocenters. The minimum atomic E-state index is -0.420. The predicted octanol–water partition coefficient (Wildman–Crippen LogP) is 1.47. The van der Waals surface area contributed by atoms with Crippen molar-refractivity contribution in [2.45, 2.75) is 12.8 Å². The molecule has 1 aromatic heterocycles. The van der Waals surface area contributed by atoms with Gasteiger partial charge in [0.15, 0.2) is 0 Å². The van der Waals surface area contributed by atoms with Gasteiger partial charge in [-0.2, -0.15) is 0 Å². The summed E-state index contributed by atoms with van der Waals surface area (Å²) < 4.78 is 4.67. The van der Waals surface area contributed by atoms with Crippen molar-refractivity contribution in [2.24, 2.45) is 5.92 Å². The van der Waals surface area contributed by atoms with E-state index in [0.717, 1.165) is 25.9 Å². The van der Waals surface area contributed by atoms with E-state index in [9.17, 15) is 9.59 Å². The lowest BCUT2D eigenvalue weighted by Crippen LogP contribution is -2.34. The molecule has 0 aliphatic carbocycles. The summed E-state index contributed by atoms with van der Waals surface area (Å²) in [6, 6.07) is 1.66. The zero-order valence-electron chi connectivity index (χ0n) is 10.2. The first-order valence-electron chi connectivity index (χ1n) is 5.89. The summed E-state index contributed by atoms with van der Waals surface area (Å²) in [4.78, 5) is 23.5. The molecule has 0 aromatic carbocycles. The molecule has 6 heteroatoms. The summed E-state index contributed by atoms with van der Waals surface area (Å²) >= 11 is 1.34. The van der Waals surface area contributed by atoms with E-state index < -0.39 is 5.97 Å². The fourth-order valence-electron chi connectivity index (χ4n) is 1.97. The zero-order valence-corrected chi connectivity index (χ0v) is 11.0. The number of piperidine rings is 1. The van der Waals surface area contributed by atoms with Gasteiger partial charge in [-0.1, -0.05) is 0 Å². The molecule has 0 atom stereocenters. The number of thiophene rings is 1. The second-order valence-corrected chi connectivity index (χ2v) is 5.08. The van der Waals surface area contributed by atoms with E-state index in [1.54, 1.807) is 11.4 Å². The second-order valence-electron chi connectivity index (χ2n) is 4.17. The van der Waals surface area contributed by atoms with E-state index in [1.165, 1.54) is 18.4 Å². The highest BCUT2D eigenvalue weighted by molar-refractivity contribution is 7.14. The predicted molar refractivity (Wildman–Crippen MR) is 69.9 cm³/mol. The van der Waals surface area contributed by atoms with Gasteiger partial charge in [-0.25, -0.2) is 4.79 Å². The van der Waals surface area contributed by atoms with Crippen LogP contribution in [0.4, 0.5) is 5.00 Å². The third-order valence-corrected chi connectivity index (χ3v) is 3.85. The first-order chi connectivity index (χ1) is 8.72. The number of carbonyl (C=O) groups excluding carboxylic acids is 2. The topological polar surface area (TPSA) is 67.4 Å². The quantitative estimate of drug-likeness (QED) is 0.815. The lowest BCUT2D eigenvalue weighted by atomic mass is 9.97. The number of carbonyl (C=O) groups is 2. The van der Waals surface area contributed by atoms with Gasteiger partial charge in [0.05, 0.1) is 12.7 Å². The Morgan fingerprint density at radius 2 is 2.17 bits per heavy atom. The van der Waals surface area contributed by atoms with E-state index in [1.807, 2.05) is 0 Å². The molecule has 0 spiro atoms. The average Bonchev–Trinajstić information content (AvgIpc) is 2.87. The third-order valence-electron chi connectivity index (χ3n) is 3.02. The smallest absolute Gasteiger partial charge is 0.340 e. The van der Waals surface area contributed by atoms with Crippen LogP contribution in [0, 0.1) is 5.92 Å². The van der Waals surface area contributed by atoms with Gasteiger partial charge in [-0.15, -0.1) is 11.3 Å². The lowest BCUT2D eigenvalue weighted by Gasteiger charge is -2.21. The fraction of sp³-hybridized carbons (Fsp3) is 0.500. The van der Waals surface area contributed by atoms with Crippen LogP contribution < -0.4 is 10.6 Å². The van der Waals surface area contributed by atoms with Crippen molar-refractivity contribution in [2.75, 3.05) is 25.5 Å². The minimum absolute atomic E-state index is 0.0101. The van der Waals surface area contributed by atoms with E-state index in [0.29, 0.717) is 10.6 Å². The average molecular weight is 268 g/mol. The fourth-order valence-corrected chi connectivity index (χ4v) is 2.75. The summed E-state index contributed by atoms with van der Waals surface area (Å²) in [5.74, 6) is -0.403. The molecule has 1 saturated heterocycles. The normalized spacial score (nSPS) is 16.3. The van der Waals surface area contributed by atoms with Crippen molar-refractivity contribution in [3.8, 4) is 0 Å². The van der Waals surface area contributed by atoms with Gasteiger partial charge in [0, 0.05) is 5.92 Å². The highest BCUT2D eigenvalue weighted by Crippen LogP contribution is 2.25. The van der Waals surface area contributed by atoms with Gasteiger partial charge in [0.25, 0.3) is 0 Å². The van der Waals surface area contributed by atoms with Crippen molar-refractivity contribution in [3.05, 3.63) is 17.0 Å². The van der Waals surface area contributed by atoms with Gasteiger partial charge in [0.1, 0.15) is 5.00 Å². The van der Waals surface area contributed by atoms with Crippen LogP contribution in [0.3, 0.4) is 0 Å². The van der Waals surface area contributed by atoms with Gasteiger partial charge in [-0.3, -0.25) is 4.79 Å². The molecule has 2 rings (SSSR count). The van der Waals surface area contributed by atoms with Crippen molar-refractivity contribution >= 4 is 28.2 Å². The van der Waals surface area contributed by atoms with E-state index >= 15 is 0 Å². The van der Waals surface area contributed by atoms with Crippen molar-refractivity contribution in [3.63, 3.8) is 0 Å². The first kappa shape index (κ1) is 13.0. The summed E-state index contributed by atoms with van der Waals surface area (Å²) in [5, 5.41) is 8.38. The van der Waals surface area contributed by atoms with Gasteiger partial charge in [0.2, 0.25) is 5.91 Å². The van der Waals surface area contributed by atoms with E-state index in [-0.39, 0.29) is 11.8 Å². The molecule has 98 valence electrons. The van der Waals surface area contributed by atoms with Crippen LogP contribution in [0.25, 0.3) is 0 Å². The Hall–Kier alpha value is -1.40. The van der Waals surface area contributed by atoms with Crippen LogP contribution in [0.2, 0.25) is 0 Å². The molecule has 1 aromatic rings. The molecule has 1 aliphatic rings. The monoisotopic (exact) mass is 268 g/mol. The summed E-state index contributed by atoms with van der Waals surface area (Å²) in [6.07, 6.45) is 1.68. The number of amides is 1. The van der Waals surface area contributed by atoms with Crippen LogP contribution >= 0.6 is 11.3 Å². The summed E-state index contributed by atoms with van der Waals surface area (Å²) in [6.45, 7) is 1.73. The molecule has 1 fully saturated rings. The molecule has 1 aliphatic heterocycles. The molecule has 2 N–H and O–H groups in total. The lowest BCUT2D eigenvalue weighted by molar-refractivity contribution is -0.120. The van der Waals surface area contributed by atoms with Crippen LogP contribution in [0.15, 0.2) is 11.4 Å². The number of anilines is 1. The standard InChI is InChI=1S/C12H16N2O3S/c1-17-12(16)9-4-7-18-11(9)14-10(15)8-2-5-13-6-3-8/h4,7-8,13H,2-3,5-6H2,1H3,(H,14,15). The van der Waals surface area contributed by atoms with Crippen molar-refractivity contribution in [1.29, 1.82) is 0 Å². The molecule has 0 saturated carbocycles. The maximum absolute atomic E-state index is 12.0. The maximum atomic E-state index is 12.0. The second kappa shape index (κ2) is 5.97. The van der Waals surface area contributed by atoms with Crippen LogP contribution in [-0.2, 0) is 9.53 Å². The molecule has 5 nitrogen and oxygen atoms in total. The van der Waals surface area contributed by atoms with Crippen molar-refractivity contribution < 1.29 is 14.3 Å². The Morgan fingerprint density at radius 3 is 2.83 bits per heavy atom. The van der Waals surface area contributed by atoms with Crippen LogP contribution in [-0.4, -0.2) is 32.1 Å².